The van der Waals surface area contributed by atoms with Gasteiger partial charge < -0.3 is 10.2 Å². The Morgan fingerprint density at radius 3 is 1.70 bits per heavy atom. The van der Waals surface area contributed by atoms with E-state index in [0.717, 1.165) is 70.2 Å². The van der Waals surface area contributed by atoms with Crippen molar-refractivity contribution < 1.29 is 10.2 Å². The molecular weight excluding hydrogens is 528 g/mol. The zero-order chi connectivity index (χ0) is 30.1. The lowest BCUT2D eigenvalue weighted by atomic mass is 9.88. The van der Waals surface area contributed by atoms with Crippen molar-refractivity contribution in [2.45, 2.75) is 76.8 Å². The minimum atomic E-state index is -0.290. The lowest BCUT2D eigenvalue weighted by Crippen LogP contribution is -2.34. The van der Waals surface area contributed by atoms with Gasteiger partial charge in [-0.15, -0.1) is 0 Å². The summed E-state index contributed by atoms with van der Waals surface area (Å²) in [4.78, 5) is 10.4. The summed E-state index contributed by atoms with van der Waals surface area (Å²) in [5.41, 5.74) is 7.49. The number of hydrogen-bond acceptors (Lipinski definition) is 4. The molecule has 4 aromatic rings. The first kappa shape index (κ1) is 28.9. The van der Waals surface area contributed by atoms with Crippen molar-refractivity contribution in [3.05, 3.63) is 107 Å². The summed E-state index contributed by atoms with van der Waals surface area (Å²) < 4.78 is 0. The monoisotopic (exact) mass is 570 g/mol. The molecule has 6 rings (SSSR count). The number of aliphatic imine (C=N–C) groups is 2. The van der Waals surface area contributed by atoms with Gasteiger partial charge in [0.05, 0.1) is 11.6 Å². The second kappa shape index (κ2) is 11.8. The molecule has 0 aromatic heterocycles. The van der Waals surface area contributed by atoms with Crippen molar-refractivity contribution in [2.24, 2.45) is 15.9 Å². The Labute approximate surface area is 255 Å². The molecule has 4 heteroatoms. The van der Waals surface area contributed by atoms with Crippen molar-refractivity contribution in [1.82, 2.24) is 0 Å². The highest BCUT2D eigenvalue weighted by molar-refractivity contribution is 5.89. The van der Waals surface area contributed by atoms with Crippen molar-refractivity contribution in [2.75, 3.05) is 0 Å². The first-order chi connectivity index (χ1) is 20.7. The molecule has 0 amide bonds. The van der Waals surface area contributed by atoms with E-state index < -0.39 is 0 Å². The maximum atomic E-state index is 11.3. The van der Waals surface area contributed by atoms with E-state index in [-0.39, 0.29) is 23.4 Å². The van der Waals surface area contributed by atoms with E-state index in [9.17, 15) is 10.2 Å². The number of hydrogen-bond donors (Lipinski definition) is 2. The fourth-order valence-electron chi connectivity index (χ4n) is 7.00. The molecule has 2 fully saturated rings. The van der Waals surface area contributed by atoms with E-state index >= 15 is 0 Å². The van der Waals surface area contributed by atoms with E-state index in [2.05, 4.69) is 70.2 Å². The number of phenols is 2. The van der Waals surface area contributed by atoms with Crippen LogP contribution in [0.2, 0.25) is 0 Å². The van der Waals surface area contributed by atoms with Crippen molar-refractivity contribution in [1.29, 1.82) is 0 Å². The topological polar surface area (TPSA) is 65.2 Å². The van der Waals surface area contributed by atoms with Crippen LogP contribution in [0.15, 0.2) is 94.9 Å². The molecule has 220 valence electrons. The standard InChI is InChI=1S/C39H42N2O2/c1-25(2)34-20-30(28-11-7-5-8-12-28)18-32(37(34)42)23-40-36-17-27-15-16-39(36,22-27)41-24-33-19-31(29-13-9-6-10-14-29)21-35(26(3)4)38(33)43/h5-14,18-21,23-27,36,42-43H,15-17,22H2,1-4H3. The normalized spacial score (nSPS) is 21.6. The molecule has 2 bridgehead atoms. The number of aromatic hydroxyl groups is 2. The minimum absolute atomic E-state index is 0.0359. The Hall–Kier alpha value is -4.18. The fraction of sp³-hybridized carbons (Fsp3) is 0.333. The van der Waals surface area contributed by atoms with Gasteiger partial charge in [-0.3, -0.25) is 9.98 Å². The molecule has 3 atom stereocenters. The molecule has 4 nitrogen and oxygen atoms in total. The van der Waals surface area contributed by atoms with Crippen molar-refractivity contribution in [3.63, 3.8) is 0 Å². The quantitative estimate of drug-likeness (QED) is 0.207. The maximum Gasteiger partial charge on any atom is 0.127 e. The van der Waals surface area contributed by atoms with Gasteiger partial charge in [0.2, 0.25) is 0 Å². The molecule has 2 aliphatic carbocycles. The molecule has 0 radical (unpaired) electrons. The molecule has 4 aromatic carbocycles. The Balaban J connectivity index is 1.34. The van der Waals surface area contributed by atoms with Crippen LogP contribution >= 0.6 is 0 Å². The second-order valence-corrected chi connectivity index (χ2v) is 13.0. The lowest BCUT2D eigenvalue weighted by Gasteiger charge is -2.29. The van der Waals surface area contributed by atoms with Crippen LogP contribution in [0.25, 0.3) is 22.3 Å². The summed E-state index contributed by atoms with van der Waals surface area (Å²) in [6.07, 6.45) is 7.92. The van der Waals surface area contributed by atoms with Gasteiger partial charge in [-0.1, -0.05) is 88.4 Å². The molecule has 43 heavy (non-hydrogen) atoms. The van der Waals surface area contributed by atoms with Gasteiger partial charge in [0.1, 0.15) is 11.5 Å². The Morgan fingerprint density at radius 2 is 1.21 bits per heavy atom. The summed E-state index contributed by atoms with van der Waals surface area (Å²) >= 11 is 0. The fourth-order valence-corrected chi connectivity index (χ4v) is 7.00. The van der Waals surface area contributed by atoms with Gasteiger partial charge >= 0.3 is 0 Å². The van der Waals surface area contributed by atoms with E-state index in [0.29, 0.717) is 17.4 Å². The second-order valence-electron chi connectivity index (χ2n) is 13.0. The molecule has 2 aliphatic rings. The maximum absolute atomic E-state index is 11.3. The molecule has 2 saturated carbocycles. The summed E-state index contributed by atoms with van der Waals surface area (Å²) in [5.74, 6) is 1.59. The van der Waals surface area contributed by atoms with Crippen LogP contribution < -0.4 is 0 Å². The molecule has 0 aliphatic heterocycles. The van der Waals surface area contributed by atoms with Crippen molar-refractivity contribution in [3.8, 4) is 33.8 Å². The summed E-state index contributed by atoms with van der Waals surface area (Å²) in [6.45, 7) is 8.44. The third-order valence-electron chi connectivity index (χ3n) is 9.45. The number of phenolic OH excluding ortho intramolecular Hbond substituents is 2. The highest BCUT2D eigenvalue weighted by Gasteiger charge is 2.52. The van der Waals surface area contributed by atoms with Gasteiger partial charge in [0.15, 0.2) is 0 Å². The van der Waals surface area contributed by atoms with Gasteiger partial charge in [0.25, 0.3) is 0 Å². The summed E-state index contributed by atoms with van der Waals surface area (Å²) in [6, 6.07) is 28.9. The predicted octanol–water partition coefficient (Wildman–Crippen LogP) is 9.53. The van der Waals surface area contributed by atoms with E-state index in [1.807, 2.05) is 54.9 Å². The summed E-state index contributed by atoms with van der Waals surface area (Å²) in [5, 5.41) is 22.5. The zero-order valence-electron chi connectivity index (χ0n) is 25.7. The molecular formula is C39H42N2O2. The molecule has 3 unspecified atom stereocenters. The zero-order valence-corrected chi connectivity index (χ0v) is 25.7. The van der Waals surface area contributed by atoms with Crippen molar-refractivity contribution >= 4 is 12.4 Å². The number of fused-ring (bicyclic) bond motifs is 2. The smallest absolute Gasteiger partial charge is 0.127 e. The lowest BCUT2D eigenvalue weighted by molar-refractivity contribution is 0.367. The van der Waals surface area contributed by atoms with Gasteiger partial charge in [-0.25, -0.2) is 0 Å². The average Bonchev–Trinajstić information content (AvgIpc) is 3.59. The number of rotatable bonds is 8. The predicted molar refractivity (Wildman–Crippen MR) is 179 cm³/mol. The van der Waals surface area contributed by atoms with E-state index in [1.54, 1.807) is 0 Å². The Kier molecular flexibility index (Phi) is 7.96. The third kappa shape index (κ3) is 5.76. The van der Waals surface area contributed by atoms with Gasteiger partial charge in [-0.2, -0.15) is 0 Å². The van der Waals surface area contributed by atoms with Crippen LogP contribution in [-0.2, 0) is 0 Å². The van der Waals surface area contributed by atoms with Gasteiger partial charge in [0, 0.05) is 23.6 Å². The molecule has 2 N–H and O–H groups in total. The van der Waals surface area contributed by atoms with Crippen LogP contribution in [0.1, 0.15) is 87.5 Å². The Morgan fingerprint density at radius 1 is 0.698 bits per heavy atom. The van der Waals surface area contributed by atoms with Crippen LogP contribution in [0.4, 0.5) is 0 Å². The van der Waals surface area contributed by atoms with Crippen LogP contribution in [0, 0.1) is 5.92 Å². The first-order valence-electron chi connectivity index (χ1n) is 15.7. The molecule has 0 spiro atoms. The summed E-state index contributed by atoms with van der Waals surface area (Å²) in [7, 11) is 0. The van der Waals surface area contributed by atoms with Crippen LogP contribution in [0.3, 0.4) is 0 Å². The average molecular weight is 571 g/mol. The van der Waals surface area contributed by atoms with Crippen LogP contribution in [0.5, 0.6) is 11.5 Å². The first-order valence-corrected chi connectivity index (χ1v) is 15.7. The minimum Gasteiger partial charge on any atom is -0.507 e. The number of nitrogens with zero attached hydrogens (tertiary/aromatic N) is 2. The van der Waals surface area contributed by atoms with E-state index in [1.165, 1.54) is 0 Å². The van der Waals surface area contributed by atoms with Crippen LogP contribution in [-0.4, -0.2) is 34.2 Å². The highest BCUT2D eigenvalue weighted by Crippen LogP contribution is 2.52. The third-order valence-corrected chi connectivity index (χ3v) is 9.45. The molecule has 0 saturated heterocycles. The molecule has 0 heterocycles. The largest absolute Gasteiger partial charge is 0.507 e. The highest BCUT2D eigenvalue weighted by atomic mass is 16.3. The SMILES string of the molecule is CC(C)c1cc(-c2ccccc2)cc(C=NC2CC3CCC2(N=Cc2cc(-c4ccccc4)cc(C(C)C)c2O)C3)c1O. The van der Waals surface area contributed by atoms with Gasteiger partial charge in [-0.05, 0) is 101 Å². The number of benzene rings is 4. The van der Waals surface area contributed by atoms with E-state index in [4.69, 9.17) is 9.98 Å². The Bertz CT molecular complexity index is 1660.